The third kappa shape index (κ3) is 9.46. The topological polar surface area (TPSA) is 128 Å². The summed E-state index contributed by atoms with van der Waals surface area (Å²) in [4.78, 5) is 37.5. The van der Waals surface area contributed by atoms with Crippen molar-refractivity contribution in [3.05, 3.63) is 23.8 Å². The number of hydrogen-bond acceptors (Lipinski definition) is 8. The van der Waals surface area contributed by atoms with Crippen LogP contribution in [0.15, 0.2) is 23.3 Å². The lowest BCUT2D eigenvalue weighted by atomic mass is 10.2. The molecule has 0 unspecified atom stereocenters. The SMILES string of the molecule is COc1cc(/C=N\NC(=O)C(=O)NCCCOC(C)C)ccc1OCC(=O)N1CCOCC1. The van der Waals surface area contributed by atoms with Gasteiger partial charge in [0.25, 0.3) is 5.91 Å². The van der Waals surface area contributed by atoms with E-state index in [9.17, 15) is 14.4 Å². The Kier molecular flexibility index (Phi) is 11.1. The molecular weight excluding hydrogens is 432 g/mol. The maximum atomic E-state index is 12.2. The fourth-order valence-electron chi connectivity index (χ4n) is 2.82. The van der Waals surface area contributed by atoms with E-state index in [-0.39, 0.29) is 18.6 Å². The summed E-state index contributed by atoms with van der Waals surface area (Å²) in [6, 6.07) is 4.96. The molecule has 1 aliphatic rings. The van der Waals surface area contributed by atoms with E-state index in [0.29, 0.717) is 62.9 Å². The smallest absolute Gasteiger partial charge is 0.329 e. The molecule has 0 bridgehead atoms. The molecule has 1 aromatic rings. The number of amides is 3. The number of benzene rings is 1. The maximum absolute atomic E-state index is 12.2. The standard InChI is InChI=1S/C22H32N4O7/c1-16(2)32-10-4-7-23-21(28)22(29)25-24-14-17-5-6-18(19(13-17)30-3)33-15-20(27)26-8-11-31-12-9-26/h5-6,13-14,16H,4,7-12,15H2,1-3H3,(H,23,28)(H,25,29)/b24-14-. The highest BCUT2D eigenvalue weighted by atomic mass is 16.5. The third-order valence-electron chi connectivity index (χ3n) is 4.55. The van der Waals surface area contributed by atoms with Crippen molar-refractivity contribution in [1.82, 2.24) is 15.6 Å². The molecule has 1 aliphatic heterocycles. The Balaban J connectivity index is 1.78. The van der Waals surface area contributed by atoms with Gasteiger partial charge < -0.3 is 29.2 Å². The number of methoxy groups -OCH3 is 1. The molecule has 0 radical (unpaired) electrons. The number of hydrazone groups is 1. The van der Waals surface area contributed by atoms with E-state index < -0.39 is 11.8 Å². The molecule has 1 fully saturated rings. The van der Waals surface area contributed by atoms with Gasteiger partial charge in [-0.3, -0.25) is 14.4 Å². The van der Waals surface area contributed by atoms with Gasteiger partial charge in [0.15, 0.2) is 18.1 Å². The van der Waals surface area contributed by atoms with Crippen LogP contribution in [-0.2, 0) is 23.9 Å². The highest BCUT2D eigenvalue weighted by Crippen LogP contribution is 2.27. The van der Waals surface area contributed by atoms with E-state index in [4.69, 9.17) is 18.9 Å². The summed E-state index contributed by atoms with van der Waals surface area (Å²) in [5.41, 5.74) is 2.78. The lowest BCUT2D eigenvalue weighted by molar-refractivity contribution is -0.139. The summed E-state index contributed by atoms with van der Waals surface area (Å²) in [5.74, 6) is -0.963. The average molecular weight is 465 g/mol. The summed E-state index contributed by atoms with van der Waals surface area (Å²) in [7, 11) is 1.48. The zero-order valence-corrected chi connectivity index (χ0v) is 19.3. The molecule has 1 saturated heterocycles. The normalized spacial score (nSPS) is 13.8. The number of nitrogens with zero attached hydrogens (tertiary/aromatic N) is 2. The Bertz CT molecular complexity index is 823. The van der Waals surface area contributed by atoms with E-state index in [1.54, 1.807) is 23.1 Å². The fraction of sp³-hybridized carbons (Fsp3) is 0.545. The van der Waals surface area contributed by atoms with Crippen LogP contribution in [0.5, 0.6) is 11.5 Å². The van der Waals surface area contributed by atoms with Gasteiger partial charge in [-0.15, -0.1) is 0 Å². The second-order valence-electron chi connectivity index (χ2n) is 7.42. The van der Waals surface area contributed by atoms with Crippen molar-refractivity contribution < 1.29 is 33.3 Å². The minimum Gasteiger partial charge on any atom is -0.493 e. The van der Waals surface area contributed by atoms with Crippen LogP contribution in [0.1, 0.15) is 25.8 Å². The molecule has 182 valence electrons. The molecule has 0 aromatic heterocycles. The van der Waals surface area contributed by atoms with E-state index in [2.05, 4.69) is 15.8 Å². The second-order valence-corrected chi connectivity index (χ2v) is 7.42. The van der Waals surface area contributed by atoms with Crippen molar-refractivity contribution in [3.8, 4) is 11.5 Å². The molecule has 2 rings (SSSR count). The lowest BCUT2D eigenvalue weighted by Crippen LogP contribution is -2.43. The van der Waals surface area contributed by atoms with Crippen LogP contribution < -0.4 is 20.2 Å². The quantitative estimate of drug-likeness (QED) is 0.209. The number of hydrogen-bond donors (Lipinski definition) is 2. The minimum atomic E-state index is -0.871. The number of rotatable bonds is 11. The molecule has 1 heterocycles. The van der Waals surface area contributed by atoms with Gasteiger partial charge in [-0.25, -0.2) is 5.43 Å². The first-order chi connectivity index (χ1) is 15.9. The van der Waals surface area contributed by atoms with Crippen LogP contribution in [0.25, 0.3) is 0 Å². The van der Waals surface area contributed by atoms with Gasteiger partial charge in [-0.2, -0.15) is 5.10 Å². The molecular formula is C22H32N4O7. The van der Waals surface area contributed by atoms with Crippen LogP contribution in [0.2, 0.25) is 0 Å². The third-order valence-corrected chi connectivity index (χ3v) is 4.55. The largest absolute Gasteiger partial charge is 0.493 e. The number of morpholine rings is 1. The van der Waals surface area contributed by atoms with Gasteiger partial charge in [0, 0.05) is 26.2 Å². The predicted molar refractivity (Wildman–Crippen MR) is 120 cm³/mol. The molecule has 11 nitrogen and oxygen atoms in total. The van der Waals surface area contributed by atoms with E-state index in [1.807, 2.05) is 13.8 Å². The van der Waals surface area contributed by atoms with Gasteiger partial charge in [0.2, 0.25) is 0 Å². The first-order valence-corrected chi connectivity index (χ1v) is 10.8. The van der Waals surface area contributed by atoms with Crippen LogP contribution in [0, 0.1) is 0 Å². The summed E-state index contributed by atoms with van der Waals surface area (Å²) in [5, 5.41) is 6.29. The van der Waals surface area contributed by atoms with Gasteiger partial charge in [-0.1, -0.05) is 0 Å². The van der Waals surface area contributed by atoms with Gasteiger partial charge in [0.1, 0.15) is 0 Å². The number of carbonyl (C=O) groups excluding carboxylic acids is 3. The molecule has 2 N–H and O–H groups in total. The Labute approximate surface area is 193 Å². The average Bonchev–Trinajstić information content (AvgIpc) is 2.82. The lowest BCUT2D eigenvalue weighted by Gasteiger charge is -2.26. The first kappa shape index (κ1) is 26.1. The Hall–Kier alpha value is -3.18. The first-order valence-electron chi connectivity index (χ1n) is 10.8. The van der Waals surface area contributed by atoms with Crippen molar-refractivity contribution in [2.24, 2.45) is 5.10 Å². The molecule has 0 saturated carbocycles. The van der Waals surface area contributed by atoms with Crippen molar-refractivity contribution in [2.75, 3.05) is 53.2 Å². The van der Waals surface area contributed by atoms with Crippen molar-refractivity contribution in [2.45, 2.75) is 26.4 Å². The summed E-state index contributed by atoms with van der Waals surface area (Å²) in [6.45, 7) is 6.70. The highest BCUT2D eigenvalue weighted by Gasteiger charge is 2.18. The fourth-order valence-corrected chi connectivity index (χ4v) is 2.82. The summed E-state index contributed by atoms with van der Waals surface area (Å²) >= 11 is 0. The Morgan fingerprint density at radius 1 is 1.18 bits per heavy atom. The minimum absolute atomic E-state index is 0.113. The van der Waals surface area contributed by atoms with Crippen LogP contribution in [0.3, 0.4) is 0 Å². The van der Waals surface area contributed by atoms with Gasteiger partial charge in [-0.05, 0) is 44.0 Å². The summed E-state index contributed by atoms with van der Waals surface area (Å²) < 4.78 is 21.5. The number of nitrogens with one attached hydrogen (secondary N) is 2. The molecule has 0 atom stereocenters. The second kappa shape index (κ2) is 14.1. The molecule has 1 aromatic carbocycles. The predicted octanol–water partition coefficient (Wildman–Crippen LogP) is 0.314. The Morgan fingerprint density at radius 2 is 1.94 bits per heavy atom. The molecule has 0 aliphatic carbocycles. The molecule has 11 heteroatoms. The molecule has 3 amide bonds. The van der Waals surface area contributed by atoms with E-state index in [0.717, 1.165) is 0 Å². The van der Waals surface area contributed by atoms with Gasteiger partial charge >= 0.3 is 11.8 Å². The zero-order chi connectivity index (χ0) is 24.1. The van der Waals surface area contributed by atoms with E-state index in [1.165, 1.54) is 13.3 Å². The maximum Gasteiger partial charge on any atom is 0.329 e. The Morgan fingerprint density at radius 3 is 2.64 bits per heavy atom. The molecule has 0 spiro atoms. The van der Waals surface area contributed by atoms with Crippen LogP contribution >= 0.6 is 0 Å². The number of ether oxygens (including phenoxy) is 4. The zero-order valence-electron chi connectivity index (χ0n) is 19.3. The van der Waals surface area contributed by atoms with Crippen LogP contribution in [-0.4, -0.2) is 88.1 Å². The summed E-state index contributed by atoms with van der Waals surface area (Å²) in [6.07, 6.45) is 2.09. The van der Waals surface area contributed by atoms with Crippen molar-refractivity contribution in [3.63, 3.8) is 0 Å². The van der Waals surface area contributed by atoms with Crippen molar-refractivity contribution >= 4 is 23.9 Å². The molecule has 33 heavy (non-hydrogen) atoms. The number of carbonyl (C=O) groups is 3. The van der Waals surface area contributed by atoms with Gasteiger partial charge in [0.05, 0.1) is 32.6 Å². The van der Waals surface area contributed by atoms with Crippen molar-refractivity contribution in [1.29, 1.82) is 0 Å². The monoisotopic (exact) mass is 464 g/mol. The van der Waals surface area contributed by atoms with Crippen LogP contribution in [0.4, 0.5) is 0 Å². The van der Waals surface area contributed by atoms with E-state index >= 15 is 0 Å². The highest BCUT2D eigenvalue weighted by molar-refractivity contribution is 6.35.